The van der Waals surface area contributed by atoms with Crippen LogP contribution in [0.5, 0.6) is 0 Å². The minimum Gasteiger partial charge on any atom is -0.477 e. The third-order valence-electron chi connectivity index (χ3n) is 3.79. The van der Waals surface area contributed by atoms with E-state index in [1.54, 1.807) is 0 Å². The Labute approximate surface area is 117 Å². The van der Waals surface area contributed by atoms with Crippen LogP contribution in [0.4, 0.5) is 14.5 Å². The lowest BCUT2D eigenvalue weighted by atomic mass is 10.0. The molecule has 0 unspecified atom stereocenters. The molecule has 1 fully saturated rings. The first-order chi connectivity index (χ1) is 9.82. The van der Waals surface area contributed by atoms with Gasteiger partial charge in [-0.25, -0.2) is 13.6 Å². The van der Waals surface area contributed by atoms with Crippen LogP contribution in [-0.4, -0.2) is 21.8 Å². The molecule has 110 valence electrons. The highest BCUT2D eigenvalue weighted by atomic mass is 19.1. The zero-order valence-corrected chi connectivity index (χ0v) is 11.1. The number of fused-ring (bicyclic) bond motifs is 1. The highest BCUT2D eigenvalue weighted by Gasteiger charge is 2.40. The Morgan fingerprint density at radius 2 is 2.14 bits per heavy atom. The average Bonchev–Trinajstić information content (AvgIpc) is 3.12. The van der Waals surface area contributed by atoms with Crippen LogP contribution in [-0.2, 0) is 0 Å². The zero-order valence-electron chi connectivity index (χ0n) is 11.1. The summed E-state index contributed by atoms with van der Waals surface area (Å²) in [4.78, 5) is 23.4. The maximum absolute atomic E-state index is 13.9. The maximum Gasteiger partial charge on any atom is 0.341 e. The number of rotatable bonds is 2. The summed E-state index contributed by atoms with van der Waals surface area (Å²) in [6, 6.07) is 0.389. The summed E-state index contributed by atoms with van der Waals surface area (Å²) in [6.45, 7) is 1.45. The predicted octanol–water partition coefficient (Wildman–Crippen LogP) is 2.01. The largest absolute Gasteiger partial charge is 0.477 e. The molecule has 2 aromatic rings. The lowest BCUT2D eigenvalue weighted by Crippen LogP contribution is -2.21. The van der Waals surface area contributed by atoms with Crippen LogP contribution in [0.15, 0.2) is 17.1 Å². The number of aromatic nitrogens is 1. The summed E-state index contributed by atoms with van der Waals surface area (Å²) in [5, 5.41) is 9.03. The Hall–Kier alpha value is -2.44. The lowest BCUT2D eigenvalue weighted by molar-refractivity contribution is 0.0694. The Balaban J connectivity index is 2.52. The molecule has 0 aliphatic heterocycles. The topological polar surface area (TPSA) is 85.3 Å². The number of nitrogens with two attached hydrogens (primary N) is 1. The molecular formula is C14H12F2N2O3. The molecule has 0 saturated heterocycles. The fraction of sp³-hybridized carbons (Fsp3) is 0.286. The summed E-state index contributed by atoms with van der Waals surface area (Å²) in [5.41, 5.74) is 4.55. The van der Waals surface area contributed by atoms with Crippen molar-refractivity contribution in [3.05, 3.63) is 39.4 Å². The molecule has 1 aromatic carbocycles. The van der Waals surface area contributed by atoms with Crippen molar-refractivity contribution in [3.63, 3.8) is 0 Å². The van der Waals surface area contributed by atoms with Crippen molar-refractivity contribution in [2.75, 3.05) is 5.73 Å². The Bertz CT molecular complexity index is 844. The number of anilines is 1. The average molecular weight is 294 g/mol. The summed E-state index contributed by atoms with van der Waals surface area (Å²) >= 11 is 0. The smallest absolute Gasteiger partial charge is 0.341 e. The van der Waals surface area contributed by atoms with Gasteiger partial charge in [0.25, 0.3) is 0 Å². The molecule has 1 aromatic heterocycles. The first-order valence-electron chi connectivity index (χ1n) is 6.33. The van der Waals surface area contributed by atoms with E-state index >= 15 is 0 Å². The van der Waals surface area contributed by atoms with Gasteiger partial charge in [0.1, 0.15) is 17.6 Å². The standard InChI is InChI=1S/C14H12F2N2O3/c1-5-7(15)2-9(17)11-12(5)18(10-3-8(10)16)4-6(13(11)19)14(20)21/h2,4,8,10H,3,17H2,1H3,(H,20,21)/t8-,10+/m0/s1. The van der Waals surface area contributed by atoms with E-state index in [0.717, 1.165) is 12.3 Å². The Morgan fingerprint density at radius 3 is 2.67 bits per heavy atom. The van der Waals surface area contributed by atoms with Crippen LogP contribution >= 0.6 is 0 Å². The monoisotopic (exact) mass is 294 g/mol. The minimum atomic E-state index is -1.42. The number of aryl methyl sites for hydroxylation is 1. The fourth-order valence-corrected chi connectivity index (χ4v) is 2.57. The van der Waals surface area contributed by atoms with Gasteiger partial charge in [0.2, 0.25) is 5.43 Å². The second-order valence-corrected chi connectivity index (χ2v) is 5.20. The molecule has 0 amide bonds. The molecule has 21 heavy (non-hydrogen) atoms. The molecule has 1 saturated carbocycles. The van der Waals surface area contributed by atoms with Crippen molar-refractivity contribution in [3.8, 4) is 0 Å². The molecule has 3 rings (SSSR count). The van der Waals surface area contributed by atoms with E-state index in [4.69, 9.17) is 10.8 Å². The molecular weight excluding hydrogens is 282 g/mol. The van der Waals surface area contributed by atoms with Crippen LogP contribution in [0.2, 0.25) is 0 Å². The van der Waals surface area contributed by atoms with Gasteiger partial charge in [0.15, 0.2) is 0 Å². The number of aromatic carboxylic acids is 1. The van der Waals surface area contributed by atoms with Gasteiger partial charge in [-0.3, -0.25) is 4.79 Å². The summed E-state index contributed by atoms with van der Waals surface area (Å²) in [5.74, 6) is -2.04. The first kappa shape index (κ1) is 13.5. The van der Waals surface area contributed by atoms with Crippen LogP contribution in [0.25, 0.3) is 10.9 Å². The van der Waals surface area contributed by atoms with Crippen molar-refractivity contribution in [1.82, 2.24) is 4.57 Å². The molecule has 1 aliphatic carbocycles. The van der Waals surface area contributed by atoms with Crippen molar-refractivity contribution in [2.24, 2.45) is 0 Å². The molecule has 2 atom stereocenters. The maximum atomic E-state index is 13.9. The minimum absolute atomic E-state index is 0.0760. The normalized spacial score (nSPS) is 20.7. The Morgan fingerprint density at radius 1 is 1.52 bits per heavy atom. The number of nitrogen functional groups attached to an aromatic ring is 1. The van der Waals surface area contributed by atoms with E-state index in [9.17, 15) is 18.4 Å². The number of nitrogens with zero attached hydrogens (tertiary/aromatic N) is 1. The van der Waals surface area contributed by atoms with Crippen molar-refractivity contribution < 1.29 is 18.7 Å². The number of benzene rings is 1. The van der Waals surface area contributed by atoms with E-state index in [-0.39, 0.29) is 28.6 Å². The number of halogens is 2. The third kappa shape index (κ3) is 1.88. The number of carboxylic acids is 1. The third-order valence-corrected chi connectivity index (χ3v) is 3.79. The molecule has 7 heteroatoms. The van der Waals surface area contributed by atoms with Gasteiger partial charge < -0.3 is 15.4 Å². The van der Waals surface area contributed by atoms with Crippen LogP contribution < -0.4 is 11.2 Å². The molecule has 0 radical (unpaired) electrons. The fourth-order valence-electron chi connectivity index (χ4n) is 2.57. The predicted molar refractivity (Wildman–Crippen MR) is 72.8 cm³/mol. The van der Waals surface area contributed by atoms with Crippen molar-refractivity contribution >= 4 is 22.6 Å². The summed E-state index contributed by atoms with van der Waals surface area (Å²) in [6.07, 6.45) is 0.136. The number of carbonyl (C=O) groups is 1. The van der Waals surface area contributed by atoms with Crippen LogP contribution in [0.1, 0.15) is 28.4 Å². The number of hydrogen-bond donors (Lipinski definition) is 2. The van der Waals surface area contributed by atoms with E-state index < -0.39 is 35.0 Å². The highest BCUT2D eigenvalue weighted by molar-refractivity contribution is 5.98. The first-order valence-corrected chi connectivity index (χ1v) is 6.33. The summed E-state index contributed by atoms with van der Waals surface area (Å²) in [7, 11) is 0. The van der Waals surface area contributed by atoms with Gasteiger partial charge >= 0.3 is 5.97 Å². The van der Waals surface area contributed by atoms with E-state index in [1.165, 1.54) is 11.5 Å². The molecule has 0 spiro atoms. The van der Waals surface area contributed by atoms with Gasteiger partial charge in [-0.15, -0.1) is 0 Å². The number of carboxylic acid groups (broad SMARTS) is 1. The van der Waals surface area contributed by atoms with E-state index in [2.05, 4.69) is 0 Å². The number of hydrogen-bond acceptors (Lipinski definition) is 3. The lowest BCUT2D eigenvalue weighted by Gasteiger charge is -2.15. The van der Waals surface area contributed by atoms with Crippen LogP contribution in [0.3, 0.4) is 0 Å². The van der Waals surface area contributed by atoms with Gasteiger partial charge in [-0.1, -0.05) is 0 Å². The Kier molecular flexibility index (Phi) is 2.76. The van der Waals surface area contributed by atoms with Gasteiger partial charge in [-0.2, -0.15) is 0 Å². The molecule has 1 aliphatic rings. The van der Waals surface area contributed by atoms with Gasteiger partial charge in [-0.05, 0) is 13.0 Å². The van der Waals surface area contributed by atoms with Crippen molar-refractivity contribution in [1.29, 1.82) is 0 Å². The van der Waals surface area contributed by atoms with Crippen molar-refractivity contribution in [2.45, 2.75) is 25.6 Å². The second kappa shape index (κ2) is 4.28. The summed E-state index contributed by atoms with van der Waals surface area (Å²) < 4.78 is 28.6. The molecule has 5 nitrogen and oxygen atoms in total. The van der Waals surface area contributed by atoms with Gasteiger partial charge in [0, 0.05) is 23.9 Å². The zero-order chi connectivity index (χ0) is 15.5. The molecule has 1 heterocycles. The number of alkyl halides is 1. The van der Waals surface area contributed by atoms with Crippen LogP contribution in [0, 0.1) is 12.7 Å². The van der Waals surface area contributed by atoms with E-state index in [1.807, 2.05) is 0 Å². The highest BCUT2D eigenvalue weighted by Crippen LogP contribution is 2.41. The molecule has 3 N–H and O–H groups in total. The number of pyridine rings is 1. The SMILES string of the molecule is Cc1c(F)cc(N)c2c(=O)c(C(=O)O)cn([C@@H]3C[C@@H]3F)c12. The van der Waals surface area contributed by atoms with E-state index in [0.29, 0.717) is 0 Å². The molecule has 0 bridgehead atoms. The van der Waals surface area contributed by atoms with Gasteiger partial charge in [0.05, 0.1) is 16.9 Å². The second-order valence-electron chi connectivity index (χ2n) is 5.20. The quantitative estimate of drug-likeness (QED) is 0.830.